The molecule has 0 bridgehead atoms. The summed E-state index contributed by atoms with van der Waals surface area (Å²) in [6.45, 7) is 5.68. The van der Waals surface area contributed by atoms with E-state index in [4.69, 9.17) is 0 Å². The molecule has 0 aliphatic heterocycles. The molecular formula is C20H22N4O2. The number of amides is 1. The monoisotopic (exact) mass is 350 g/mol. The van der Waals surface area contributed by atoms with Crippen molar-refractivity contribution in [3.05, 3.63) is 69.9 Å². The number of carbonyl (C=O) groups is 1. The van der Waals surface area contributed by atoms with Crippen molar-refractivity contribution in [1.82, 2.24) is 20.1 Å². The normalized spacial score (nSPS) is 12.1. The van der Waals surface area contributed by atoms with Gasteiger partial charge in [-0.2, -0.15) is 5.10 Å². The third-order valence-electron chi connectivity index (χ3n) is 4.47. The maximum Gasteiger partial charge on any atom is 0.275 e. The largest absolute Gasteiger partial charge is 0.346 e. The Kier molecular flexibility index (Phi) is 5.11. The van der Waals surface area contributed by atoms with Crippen molar-refractivity contribution < 1.29 is 4.79 Å². The lowest BCUT2D eigenvalue weighted by Crippen LogP contribution is -2.36. The van der Waals surface area contributed by atoms with E-state index in [0.717, 1.165) is 22.3 Å². The van der Waals surface area contributed by atoms with Gasteiger partial charge in [0.25, 0.3) is 5.56 Å². The summed E-state index contributed by atoms with van der Waals surface area (Å²) in [4.78, 5) is 29.5. The van der Waals surface area contributed by atoms with Gasteiger partial charge in [-0.05, 0) is 38.0 Å². The fraction of sp³-hybridized carbons (Fsp3) is 0.300. The zero-order valence-corrected chi connectivity index (χ0v) is 15.2. The van der Waals surface area contributed by atoms with Gasteiger partial charge in [0.15, 0.2) is 0 Å². The lowest BCUT2D eigenvalue weighted by molar-refractivity contribution is -0.122. The third-order valence-corrected chi connectivity index (χ3v) is 4.47. The van der Waals surface area contributed by atoms with Crippen molar-refractivity contribution in [2.24, 2.45) is 0 Å². The van der Waals surface area contributed by atoms with Gasteiger partial charge in [0.2, 0.25) is 5.91 Å². The molecule has 3 rings (SSSR count). The van der Waals surface area contributed by atoms with E-state index in [0.29, 0.717) is 11.8 Å². The lowest BCUT2D eigenvalue weighted by atomic mass is 10.1. The number of benzene rings is 1. The van der Waals surface area contributed by atoms with Gasteiger partial charge in [-0.25, -0.2) is 4.68 Å². The van der Waals surface area contributed by atoms with Gasteiger partial charge >= 0.3 is 0 Å². The molecule has 26 heavy (non-hydrogen) atoms. The number of aryl methyl sites for hydroxylation is 2. The summed E-state index contributed by atoms with van der Waals surface area (Å²) in [7, 11) is 0. The molecule has 2 aromatic heterocycles. The minimum atomic E-state index is -0.261. The summed E-state index contributed by atoms with van der Waals surface area (Å²) < 4.78 is 1.23. The first kappa shape index (κ1) is 17.8. The van der Waals surface area contributed by atoms with Crippen molar-refractivity contribution in [2.45, 2.75) is 39.8 Å². The number of rotatable bonds is 5. The molecule has 6 nitrogen and oxygen atoms in total. The Morgan fingerprint density at radius 1 is 1.15 bits per heavy atom. The Labute approximate surface area is 151 Å². The molecule has 2 heterocycles. The van der Waals surface area contributed by atoms with Gasteiger partial charge in [0.05, 0.1) is 22.8 Å². The minimum Gasteiger partial charge on any atom is -0.346 e. The summed E-state index contributed by atoms with van der Waals surface area (Å²) in [5.41, 5.74) is 2.33. The predicted octanol–water partition coefficient (Wildman–Crippen LogP) is 2.68. The number of hydrogen-bond donors (Lipinski definition) is 1. The number of pyridine rings is 1. The Hall–Kier alpha value is -3.02. The molecule has 134 valence electrons. The summed E-state index contributed by atoms with van der Waals surface area (Å²) in [6.07, 6.45) is 2.43. The highest BCUT2D eigenvalue weighted by Crippen LogP contribution is 2.17. The molecule has 1 aromatic carbocycles. The van der Waals surface area contributed by atoms with Crippen LogP contribution in [0.2, 0.25) is 0 Å². The van der Waals surface area contributed by atoms with E-state index in [9.17, 15) is 9.59 Å². The molecule has 1 N–H and O–H groups in total. The van der Waals surface area contributed by atoms with Gasteiger partial charge in [0.1, 0.15) is 6.54 Å². The van der Waals surface area contributed by atoms with Crippen LogP contribution in [0.5, 0.6) is 0 Å². The molecule has 0 saturated carbocycles. The average Bonchev–Trinajstić information content (AvgIpc) is 2.64. The first-order valence-electron chi connectivity index (χ1n) is 8.68. The quantitative estimate of drug-likeness (QED) is 0.767. The van der Waals surface area contributed by atoms with Crippen LogP contribution >= 0.6 is 0 Å². The molecule has 1 atom stereocenters. The van der Waals surface area contributed by atoms with Crippen molar-refractivity contribution in [1.29, 1.82) is 0 Å². The van der Waals surface area contributed by atoms with Crippen LogP contribution < -0.4 is 10.9 Å². The van der Waals surface area contributed by atoms with Crippen molar-refractivity contribution in [3.63, 3.8) is 0 Å². The first-order chi connectivity index (χ1) is 12.5. The lowest BCUT2D eigenvalue weighted by Gasteiger charge is -2.18. The zero-order chi connectivity index (χ0) is 18.7. The molecule has 0 radical (unpaired) electrons. The first-order valence-corrected chi connectivity index (χ1v) is 8.68. The van der Waals surface area contributed by atoms with Gasteiger partial charge < -0.3 is 5.32 Å². The van der Waals surface area contributed by atoms with Crippen LogP contribution in [0.1, 0.15) is 36.3 Å². The Balaban J connectivity index is 1.84. The number of nitrogens with one attached hydrogen (secondary N) is 1. The Morgan fingerprint density at radius 2 is 1.88 bits per heavy atom. The molecule has 0 fully saturated rings. The summed E-state index contributed by atoms with van der Waals surface area (Å²) in [6, 6.07) is 10.9. The summed E-state index contributed by atoms with van der Waals surface area (Å²) >= 11 is 0. The van der Waals surface area contributed by atoms with Crippen LogP contribution in [-0.2, 0) is 11.3 Å². The van der Waals surface area contributed by atoms with E-state index in [1.807, 2.05) is 51.1 Å². The van der Waals surface area contributed by atoms with Gasteiger partial charge in [-0.1, -0.05) is 31.2 Å². The SMILES string of the molecule is CC[C@H](NC(=O)Cn1nc(C)c2ccccc2c1=O)c1ncccc1C. The number of nitrogens with zero attached hydrogens (tertiary/aromatic N) is 3. The predicted molar refractivity (Wildman–Crippen MR) is 101 cm³/mol. The van der Waals surface area contributed by atoms with Crippen molar-refractivity contribution >= 4 is 16.7 Å². The molecule has 6 heteroatoms. The van der Waals surface area contributed by atoms with Gasteiger partial charge in [-0.15, -0.1) is 0 Å². The maximum absolute atomic E-state index is 12.6. The fourth-order valence-corrected chi connectivity index (χ4v) is 3.11. The number of hydrogen-bond acceptors (Lipinski definition) is 4. The molecule has 0 saturated heterocycles. The number of fused-ring (bicyclic) bond motifs is 1. The molecule has 0 aliphatic carbocycles. The molecule has 0 aliphatic rings. The van der Waals surface area contributed by atoms with E-state index in [-0.39, 0.29) is 24.1 Å². The highest BCUT2D eigenvalue weighted by molar-refractivity contribution is 5.83. The second-order valence-corrected chi connectivity index (χ2v) is 6.33. The molecule has 3 aromatic rings. The second-order valence-electron chi connectivity index (χ2n) is 6.33. The van der Waals surface area contributed by atoms with Gasteiger partial charge in [0, 0.05) is 11.6 Å². The van der Waals surface area contributed by atoms with Gasteiger partial charge in [-0.3, -0.25) is 14.6 Å². The maximum atomic E-state index is 12.6. The number of carbonyl (C=O) groups excluding carboxylic acids is 1. The van der Waals surface area contributed by atoms with Crippen molar-refractivity contribution in [2.75, 3.05) is 0 Å². The van der Waals surface area contributed by atoms with Crippen LogP contribution in [-0.4, -0.2) is 20.7 Å². The van der Waals surface area contributed by atoms with E-state index >= 15 is 0 Å². The van der Waals surface area contributed by atoms with Crippen LogP contribution in [0.4, 0.5) is 0 Å². The Morgan fingerprint density at radius 3 is 2.58 bits per heavy atom. The second kappa shape index (κ2) is 7.47. The zero-order valence-electron chi connectivity index (χ0n) is 15.2. The number of aromatic nitrogens is 3. The van der Waals surface area contributed by atoms with E-state index < -0.39 is 0 Å². The highest BCUT2D eigenvalue weighted by atomic mass is 16.2. The van der Waals surface area contributed by atoms with E-state index in [1.165, 1.54) is 4.68 Å². The topological polar surface area (TPSA) is 76.9 Å². The van der Waals surface area contributed by atoms with Crippen molar-refractivity contribution in [3.8, 4) is 0 Å². The minimum absolute atomic E-state index is 0.118. The standard InChI is InChI=1S/C20H22N4O2/c1-4-17(19-13(2)8-7-11-21-19)22-18(25)12-24-20(26)16-10-6-5-9-15(16)14(3)23-24/h5-11,17H,4,12H2,1-3H3,(H,22,25)/t17-/m0/s1. The molecule has 1 amide bonds. The average molecular weight is 350 g/mol. The Bertz CT molecular complexity index is 1010. The smallest absolute Gasteiger partial charge is 0.275 e. The highest BCUT2D eigenvalue weighted by Gasteiger charge is 2.17. The summed E-state index contributed by atoms with van der Waals surface area (Å²) in [5, 5.41) is 8.64. The van der Waals surface area contributed by atoms with E-state index in [2.05, 4.69) is 15.4 Å². The summed E-state index contributed by atoms with van der Waals surface area (Å²) in [5.74, 6) is -0.258. The third kappa shape index (κ3) is 3.49. The van der Waals surface area contributed by atoms with Crippen LogP contribution in [0.25, 0.3) is 10.8 Å². The van der Waals surface area contributed by atoms with Crippen LogP contribution in [0.3, 0.4) is 0 Å². The van der Waals surface area contributed by atoms with Crippen LogP contribution in [0, 0.1) is 13.8 Å². The molecule has 0 unspecified atom stereocenters. The fourth-order valence-electron chi connectivity index (χ4n) is 3.11. The molecule has 0 spiro atoms. The van der Waals surface area contributed by atoms with E-state index in [1.54, 1.807) is 12.3 Å². The van der Waals surface area contributed by atoms with Crippen LogP contribution in [0.15, 0.2) is 47.4 Å². The molecular weight excluding hydrogens is 328 g/mol.